The van der Waals surface area contributed by atoms with Crippen molar-refractivity contribution in [3.63, 3.8) is 0 Å². The van der Waals surface area contributed by atoms with E-state index in [4.69, 9.17) is 9.47 Å². The summed E-state index contributed by atoms with van der Waals surface area (Å²) in [5.74, 6) is 0.0702. The number of carbonyl (C=O) groups excluding carboxylic acids is 2. The molecule has 4 nitrogen and oxygen atoms in total. The van der Waals surface area contributed by atoms with Gasteiger partial charge in [-0.25, -0.2) is 4.79 Å². The molecule has 0 N–H and O–H groups in total. The lowest BCUT2D eigenvalue weighted by Gasteiger charge is -2.10. The summed E-state index contributed by atoms with van der Waals surface area (Å²) >= 11 is 0. The van der Waals surface area contributed by atoms with Crippen LogP contribution >= 0.6 is 0 Å². The van der Waals surface area contributed by atoms with Crippen molar-refractivity contribution >= 4 is 11.8 Å². The van der Waals surface area contributed by atoms with E-state index in [1.54, 1.807) is 25.1 Å². The van der Waals surface area contributed by atoms with E-state index in [1.165, 1.54) is 0 Å². The molecule has 0 aliphatic carbocycles. The smallest absolute Gasteiger partial charge is 0.344 e. The zero-order valence-corrected chi connectivity index (χ0v) is 12.2. The Labute approximate surface area is 119 Å². The summed E-state index contributed by atoms with van der Waals surface area (Å²) in [6.07, 6.45) is 0.624. The van der Waals surface area contributed by atoms with Crippen LogP contribution in [-0.4, -0.2) is 25.0 Å². The van der Waals surface area contributed by atoms with Gasteiger partial charge in [0, 0.05) is 5.56 Å². The Balaban J connectivity index is 2.75. The van der Waals surface area contributed by atoms with Crippen LogP contribution in [0.15, 0.2) is 30.4 Å². The van der Waals surface area contributed by atoms with E-state index in [1.807, 2.05) is 13.8 Å². The molecule has 20 heavy (non-hydrogen) atoms. The third-order valence-electron chi connectivity index (χ3n) is 2.85. The highest BCUT2D eigenvalue weighted by Crippen LogP contribution is 2.20. The maximum absolute atomic E-state index is 12.0. The number of benzene rings is 1. The third kappa shape index (κ3) is 4.23. The minimum Gasteiger partial charge on any atom is -0.482 e. The average Bonchev–Trinajstić information content (AvgIpc) is 2.44. The molecule has 108 valence electrons. The van der Waals surface area contributed by atoms with E-state index >= 15 is 0 Å². The third-order valence-corrected chi connectivity index (χ3v) is 2.85. The number of Topliss-reactive ketones (excluding diaryl/α,β-unsaturated/α-hetero) is 1. The van der Waals surface area contributed by atoms with Crippen LogP contribution in [0.1, 0.15) is 36.2 Å². The van der Waals surface area contributed by atoms with Gasteiger partial charge in [0.15, 0.2) is 12.4 Å². The number of aryl methyl sites for hydroxylation is 1. The molecule has 0 spiro atoms. The number of esters is 1. The van der Waals surface area contributed by atoms with Crippen LogP contribution in [-0.2, 0) is 9.53 Å². The fourth-order valence-corrected chi connectivity index (χ4v) is 1.68. The number of hydrogen-bond donors (Lipinski definition) is 0. The van der Waals surface area contributed by atoms with Crippen molar-refractivity contribution < 1.29 is 19.1 Å². The van der Waals surface area contributed by atoms with Crippen molar-refractivity contribution in [2.45, 2.75) is 27.2 Å². The number of allylic oxidation sites excluding steroid dienone is 1. The van der Waals surface area contributed by atoms with Crippen LogP contribution in [0.4, 0.5) is 0 Å². The number of ether oxygens (including phenoxy) is 2. The maximum Gasteiger partial charge on any atom is 0.344 e. The highest BCUT2D eigenvalue weighted by Gasteiger charge is 2.12. The van der Waals surface area contributed by atoms with Gasteiger partial charge in [0.2, 0.25) is 0 Å². The van der Waals surface area contributed by atoms with Gasteiger partial charge in [0.1, 0.15) is 5.75 Å². The summed E-state index contributed by atoms with van der Waals surface area (Å²) in [6, 6.07) is 5.09. The van der Waals surface area contributed by atoms with Gasteiger partial charge < -0.3 is 9.47 Å². The van der Waals surface area contributed by atoms with Gasteiger partial charge in [0.05, 0.1) is 6.61 Å². The summed E-state index contributed by atoms with van der Waals surface area (Å²) in [7, 11) is 0. The van der Waals surface area contributed by atoms with E-state index in [0.29, 0.717) is 29.9 Å². The molecule has 1 rings (SSSR count). The van der Waals surface area contributed by atoms with Gasteiger partial charge in [-0.15, -0.1) is 0 Å². The fourth-order valence-electron chi connectivity index (χ4n) is 1.68. The second kappa shape index (κ2) is 7.48. The Morgan fingerprint density at radius 3 is 2.50 bits per heavy atom. The van der Waals surface area contributed by atoms with Gasteiger partial charge in [-0.3, -0.25) is 4.79 Å². The second-order valence-electron chi connectivity index (χ2n) is 4.36. The van der Waals surface area contributed by atoms with Crippen molar-refractivity contribution in [3.05, 3.63) is 41.5 Å². The molecular formula is C16H20O4. The predicted octanol–water partition coefficient (Wildman–Crippen LogP) is 3.09. The molecule has 0 saturated carbocycles. The van der Waals surface area contributed by atoms with Gasteiger partial charge in [0.25, 0.3) is 0 Å². The number of hydrogen-bond acceptors (Lipinski definition) is 4. The van der Waals surface area contributed by atoms with E-state index in [0.717, 1.165) is 5.56 Å². The first-order valence-corrected chi connectivity index (χ1v) is 6.61. The lowest BCUT2D eigenvalue weighted by Crippen LogP contribution is -2.14. The molecular weight excluding hydrogens is 256 g/mol. The SMILES string of the molecule is C=C(CC)C(=O)c1ccc(OCC(=O)OCC)cc1C. The van der Waals surface area contributed by atoms with Crippen LogP contribution in [0.25, 0.3) is 0 Å². The topological polar surface area (TPSA) is 52.6 Å². The summed E-state index contributed by atoms with van der Waals surface area (Å²) in [5.41, 5.74) is 1.99. The van der Waals surface area contributed by atoms with Gasteiger partial charge >= 0.3 is 5.97 Å². The van der Waals surface area contributed by atoms with Crippen molar-refractivity contribution in [3.8, 4) is 5.75 Å². The summed E-state index contributed by atoms with van der Waals surface area (Å²) in [4.78, 5) is 23.2. The van der Waals surface area contributed by atoms with E-state index in [2.05, 4.69) is 6.58 Å². The first-order valence-electron chi connectivity index (χ1n) is 6.61. The fraction of sp³-hybridized carbons (Fsp3) is 0.375. The van der Waals surface area contributed by atoms with Gasteiger partial charge in [-0.2, -0.15) is 0 Å². The van der Waals surface area contributed by atoms with Crippen LogP contribution in [0.2, 0.25) is 0 Å². The molecule has 1 aromatic rings. The molecule has 0 saturated heterocycles. The molecule has 0 aromatic heterocycles. The van der Waals surface area contributed by atoms with Gasteiger partial charge in [-0.05, 0) is 49.6 Å². The lowest BCUT2D eigenvalue weighted by molar-refractivity contribution is -0.145. The molecule has 0 aliphatic heterocycles. The Morgan fingerprint density at radius 2 is 1.95 bits per heavy atom. The van der Waals surface area contributed by atoms with E-state index in [9.17, 15) is 9.59 Å². The summed E-state index contributed by atoms with van der Waals surface area (Å²) in [6.45, 7) is 9.40. The Kier molecular flexibility index (Phi) is 5.97. The average molecular weight is 276 g/mol. The monoisotopic (exact) mass is 276 g/mol. The van der Waals surface area contributed by atoms with Crippen molar-refractivity contribution in [1.29, 1.82) is 0 Å². The van der Waals surface area contributed by atoms with Crippen molar-refractivity contribution in [2.24, 2.45) is 0 Å². The van der Waals surface area contributed by atoms with E-state index in [-0.39, 0.29) is 12.4 Å². The molecule has 1 aromatic carbocycles. The van der Waals surface area contributed by atoms with E-state index < -0.39 is 5.97 Å². The molecule has 0 radical (unpaired) electrons. The standard InChI is InChI=1S/C16H20O4/c1-5-11(3)16(18)14-8-7-13(9-12(14)4)20-10-15(17)19-6-2/h7-9H,3,5-6,10H2,1-2,4H3. The molecule has 0 fully saturated rings. The van der Waals surface area contributed by atoms with Crippen LogP contribution in [0.5, 0.6) is 5.75 Å². The highest BCUT2D eigenvalue weighted by molar-refractivity contribution is 6.09. The molecule has 0 heterocycles. The Hall–Kier alpha value is -2.10. The summed E-state index contributed by atoms with van der Waals surface area (Å²) in [5, 5.41) is 0. The minimum atomic E-state index is -0.412. The maximum atomic E-state index is 12.0. The Morgan fingerprint density at radius 1 is 1.25 bits per heavy atom. The quantitative estimate of drug-likeness (QED) is 0.436. The molecule has 0 unspecified atom stereocenters. The van der Waals surface area contributed by atoms with Crippen molar-refractivity contribution in [2.75, 3.05) is 13.2 Å². The lowest BCUT2D eigenvalue weighted by atomic mass is 9.98. The zero-order chi connectivity index (χ0) is 15.1. The predicted molar refractivity (Wildman–Crippen MR) is 77.1 cm³/mol. The number of ketones is 1. The second-order valence-corrected chi connectivity index (χ2v) is 4.36. The molecule has 0 aliphatic rings. The normalized spacial score (nSPS) is 9.95. The minimum absolute atomic E-state index is 0.0538. The Bertz CT molecular complexity index is 517. The number of rotatable bonds is 7. The first-order chi connectivity index (χ1) is 9.49. The first kappa shape index (κ1) is 16.0. The molecule has 0 bridgehead atoms. The molecule has 4 heteroatoms. The molecule has 0 atom stereocenters. The summed E-state index contributed by atoms with van der Waals surface area (Å²) < 4.78 is 10.1. The highest BCUT2D eigenvalue weighted by atomic mass is 16.6. The van der Waals surface area contributed by atoms with Crippen LogP contribution in [0.3, 0.4) is 0 Å². The number of carbonyl (C=O) groups is 2. The van der Waals surface area contributed by atoms with Crippen LogP contribution in [0, 0.1) is 6.92 Å². The zero-order valence-electron chi connectivity index (χ0n) is 12.2. The van der Waals surface area contributed by atoms with Crippen LogP contribution < -0.4 is 4.74 Å². The largest absolute Gasteiger partial charge is 0.482 e. The van der Waals surface area contributed by atoms with Gasteiger partial charge in [-0.1, -0.05) is 13.5 Å². The van der Waals surface area contributed by atoms with Crippen molar-refractivity contribution in [1.82, 2.24) is 0 Å². The molecule has 0 amide bonds.